The van der Waals surface area contributed by atoms with E-state index >= 15 is 0 Å². The predicted molar refractivity (Wildman–Crippen MR) is 89.1 cm³/mol. The van der Waals surface area contributed by atoms with Crippen LogP contribution in [0.25, 0.3) is 0 Å². The number of amidine groups is 1. The number of nitrogens with one attached hydrogen (secondary N) is 1. The monoisotopic (exact) mass is 331 g/mol. The molecule has 0 aromatic heterocycles. The molecule has 0 spiro atoms. The highest BCUT2D eigenvalue weighted by molar-refractivity contribution is 9.10. The van der Waals surface area contributed by atoms with Crippen LogP contribution in [0.15, 0.2) is 40.9 Å². The quantitative estimate of drug-likeness (QED) is 0.656. The third-order valence-electron chi connectivity index (χ3n) is 3.32. The molecule has 20 heavy (non-hydrogen) atoms. The Morgan fingerprint density at radius 1 is 1.10 bits per heavy atom. The summed E-state index contributed by atoms with van der Waals surface area (Å²) in [7, 11) is 1.99. The minimum Gasteiger partial charge on any atom is -0.384 e. The number of aryl methyl sites for hydroxylation is 2. The van der Waals surface area contributed by atoms with Crippen molar-refractivity contribution in [2.24, 2.45) is 5.73 Å². The van der Waals surface area contributed by atoms with Gasteiger partial charge in [-0.1, -0.05) is 33.6 Å². The van der Waals surface area contributed by atoms with Gasteiger partial charge in [0.05, 0.1) is 5.69 Å². The van der Waals surface area contributed by atoms with E-state index in [4.69, 9.17) is 11.1 Å². The molecule has 0 unspecified atom stereocenters. The molecule has 3 N–H and O–H groups in total. The van der Waals surface area contributed by atoms with Crippen molar-refractivity contribution >= 4 is 33.1 Å². The Morgan fingerprint density at radius 2 is 1.80 bits per heavy atom. The number of rotatable bonds is 3. The van der Waals surface area contributed by atoms with E-state index in [0.717, 1.165) is 21.4 Å². The second kappa shape index (κ2) is 5.67. The molecule has 0 atom stereocenters. The molecule has 0 fully saturated rings. The fourth-order valence-corrected chi connectivity index (χ4v) is 2.67. The Morgan fingerprint density at radius 3 is 2.40 bits per heavy atom. The summed E-state index contributed by atoms with van der Waals surface area (Å²) >= 11 is 3.48. The molecular formula is C16H18BrN3. The summed E-state index contributed by atoms with van der Waals surface area (Å²) in [6.07, 6.45) is 0. The van der Waals surface area contributed by atoms with E-state index < -0.39 is 0 Å². The highest BCUT2D eigenvalue weighted by Crippen LogP contribution is 2.31. The Hall–Kier alpha value is -1.81. The van der Waals surface area contributed by atoms with Gasteiger partial charge >= 0.3 is 0 Å². The maximum Gasteiger partial charge on any atom is 0.124 e. The van der Waals surface area contributed by atoms with Gasteiger partial charge in [-0.3, -0.25) is 5.41 Å². The summed E-state index contributed by atoms with van der Waals surface area (Å²) in [5, 5.41) is 7.73. The average Bonchev–Trinajstić information content (AvgIpc) is 2.37. The number of nitrogens with zero attached hydrogens (tertiary/aromatic N) is 1. The first kappa shape index (κ1) is 14.6. The Labute approximate surface area is 128 Å². The van der Waals surface area contributed by atoms with E-state index in [2.05, 4.69) is 52.9 Å². The second-order valence-electron chi connectivity index (χ2n) is 4.92. The number of nitrogen functional groups attached to an aromatic ring is 1. The first-order chi connectivity index (χ1) is 9.40. The normalized spacial score (nSPS) is 10.4. The zero-order chi connectivity index (χ0) is 14.9. The summed E-state index contributed by atoms with van der Waals surface area (Å²) in [5.41, 5.74) is 10.9. The smallest absolute Gasteiger partial charge is 0.124 e. The molecule has 0 bridgehead atoms. The molecule has 4 heteroatoms. The van der Waals surface area contributed by atoms with Gasteiger partial charge in [-0.15, -0.1) is 0 Å². The molecular weight excluding hydrogens is 314 g/mol. The van der Waals surface area contributed by atoms with Crippen LogP contribution in [0.4, 0.5) is 11.4 Å². The molecule has 0 amide bonds. The maximum atomic E-state index is 7.73. The molecule has 2 aromatic carbocycles. The fourth-order valence-electron chi connectivity index (χ4n) is 2.32. The van der Waals surface area contributed by atoms with Crippen molar-refractivity contribution in [3.63, 3.8) is 0 Å². The SMILES string of the molecule is Cc1ccc(N(C)c2cc(Br)ccc2C(=N)N)c(C)c1. The van der Waals surface area contributed by atoms with Gasteiger partial charge in [-0.25, -0.2) is 0 Å². The molecule has 0 radical (unpaired) electrons. The van der Waals surface area contributed by atoms with Crippen molar-refractivity contribution < 1.29 is 0 Å². The Balaban J connectivity index is 2.55. The second-order valence-corrected chi connectivity index (χ2v) is 5.84. The zero-order valence-corrected chi connectivity index (χ0v) is 13.5. The number of halogens is 1. The summed E-state index contributed by atoms with van der Waals surface area (Å²) in [4.78, 5) is 2.07. The van der Waals surface area contributed by atoms with Crippen molar-refractivity contribution in [1.82, 2.24) is 0 Å². The van der Waals surface area contributed by atoms with Crippen LogP contribution in [0.3, 0.4) is 0 Å². The van der Waals surface area contributed by atoms with Gasteiger partial charge in [-0.2, -0.15) is 0 Å². The van der Waals surface area contributed by atoms with Crippen molar-refractivity contribution in [1.29, 1.82) is 5.41 Å². The highest BCUT2D eigenvalue weighted by atomic mass is 79.9. The van der Waals surface area contributed by atoms with E-state index in [1.54, 1.807) is 0 Å². The number of hydrogen-bond donors (Lipinski definition) is 2. The lowest BCUT2D eigenvalue weighted by Gasteiger charge is -2.24. The molecule has 0 saturated heterocycles. The van der Waals surface area contributed by atoms with Crippen molar-refractivity contribution in [3.05, 3.63) is 57.6 Å². The Bertz CT molecular complexity index is 665. The van der Waals surface area contributed by atoms with E-state index in [1.165, 1.54) is 11.1 Å². The topological polar surface area (TPSA) is 53.1 Å². The van der Waals surface area contributed by atoms with Gasteiger partial charge in [0.25, 0.3) is 0 Å². The van der Waals surface area contributed by atoms with Gasteiger partial charge < -0.3 is 10.6 Å². The Kier molecular flexibility index (Phi) is 4.14. The molecule has 104 valence electrons. The van der Waals surface area contributed by atoms with Crippen LogP contribution in [0.5, 0.6) is 0 Å². The first-order valence-corrected chi connectivity index (χ1v) is 7.14. The predicted octanol–water partition coefficient (Wildman–Crippen LogP) is 4.12. The minimum atomic E-state index is 0.0733. The minimum absolute atomic E-state index is 0.0733. The van der Waals surface area contributed by atoms with Crippen molar-refractivity contribution in [2.75, 3.05) is 11.9 Å². The standard InChI is InChI=1S/C16H18BrN3/c1-10-4-7-14(11(2)8-10)20(3)15-9-12(17)5-6-13(15)16(18)19/h4-9H,1-3H3,(H3,18,19). The number of nitrogens with two attached hydrogens (primary N) is 1. The first-order valence-electron chi connectivity index (χ1n) is 6.35. The van der Waals surface area contributed by atoms with E-state index in [0.29, 0.717) is 0 Å². The lowest BCUT2D eigenvalue weighted by molar-refractivity contribution is 1.17. The third-order valence-corrected chi connectivity index (χ3v) is 3.82. The summed E-state index contributed by atoms with van der Waals surface area (Å²) in [6, 6.07) is 12.1. The molecule has 3 nitrogen and oxygen atoms in total. The molecule has 0 aliphatic carbocycles. The molecule has 2 aromatic rings. The number of benzene rings is 2. The summed E-state index contributed by atoms with van der Waals surface area (Å²) in [6.45, 7) is 4.17. The molecule has 0 saturated carbocycles. The third kappa shape index (κ3) is 2.85. The largest absolute Gasteiger partial charge is 0.384 e. The number of anilines is 2. The van der Waals surface area contributed by atoms with Crippen LogP contribution in [0.1, 0.15) is 16.7 Å². The lowest BCUT2D eigenvalue weighted by atomic mass is 10.1. The number of hydrogen-bond acceptors (Lipinski definition) is 2. The van der Waals surface area contributed by atoms with Gasteiger partial charge in [0, 0.05) is 22.8 Å². The van der Waals surface area contributed by atoms with Crippen LogP contribution in [-0.4, -0.2) is 12.9 Å². The maximum absolute atomic E-state index is 7.73. The van der Waals surface area contributed by atoms with Crippen molar-refractivity contribution in [3.8, 4) is 0 Å². The van der Waals surface area contributed by atoms with Crippen LogP contribution < -0.4 is 10.6 Å². The van der Waals surface area contributed by atoms with Crippen LogP contribution in [0.2, 0.25) is 0 Å². The van der Waals surface area contributed by atoms with Crippen LogP contribution in [0, 0.1) is 19.3 Å². The highest BCUT2D eigenvalue weighted by Gasteiger charge is 2.13. The van der Waals surface area contributed by atoms with Gasteiger partial charge in [-0.05, 0) is 43.7 Å². The lowest BCUT2D eigenvalue weighted by Crippen LogP contribution is -2.19. The molecule has 0 heterocycles. The molecule has 0 aliphatic rings. The summed E-state index contributed by atoms with van der Waals surface area (Å²) in [5.74, 6) is 0.0733. The fraction of sp³-hybridized carbons (Fsp3) is 0.188. The average molecular weight is 332 g/mol. The summed E-state index contributed by atoms with van der Waals surface area (Å²) < 4.78 is 0.967. The van der Waals surface area contributed by atoms with Gasteiger partial charge in [0.2, 0.25) is 0 Å². The van der Waals surface area contributed by atoms with Crippen LogP contribution >= 0.6 is 15.9 Å². The van der Waals surface area contributed by atoms with Crippen molar-refractivity contribution in [2.45, 2.75) is 13.8 Å². The van der Waals surface area contributed by atoms with Gasteiger partial charge in [0.1, 0.15) is 5.84 Å². The molecule has 0 aliphatic heterocycles. The van der Waals surface area contributed by atoms with Gasteiger partial charge in [0.15, 0.2) is 0 Å². The van der Waals surface area contributed by atoms with Crippen LogP contribution in [-0.2, 0) is 0 Å². The zero-order valence-electron chi connectivity index (χ0n) is 11.9. The van der Waals surface area contributed by atoms with E-state index in [9.17, 15) is 0 Å². The molecule has 2 rings (SSSR count). The van der Waals surface area contributed by atoms with E-state index in [1.807, 2.05) is 25.2 Å². The van der Waals surface area contributed by atoms with E-state index in [-0.39, 0.29) is 5.84 Å².